The number of benzene rings is 2. The summed E-state index contributed by atoms with van der Waals surface area (Å²) in [4.78, 5) is 35.0. The van der Waals surface area contributed by atoms with Gasteiger partial charge >= 0.3 is 6.09 Å². The largest absolute Gasteiger partial charge is 0.465 e. The summed E-state index contributed by atoms with van der Waals surface area (Å²) in [5.41, 5.74) is 6.94. The summed E-state index contributed by atoms with van der Waals surface area (Å²) >= 11 is 0. The van der Waals surface area contributed by atoms with Crippen molar-refractivity contribution in [2.45, 2.75) is 24.9 Å². The van der Waals surface area contributed by atoms with E-state index in [1.54, 1.807) is 0 Å². The highest BCUT2D eigenvalue weighted by Gasteiger charge is 2.23. The third-order valence-electron chi connectivity index (χ3n) is 4.02. The number of nitrogens with two attached hydrogens (primary N) is 1. The summed E-state index contributed by atoms with van der Waals surface area (Å²) in [6, 6.07) is 17.0. The first kappa shape index (κ1) is 20.7. The number of rotatable bonds is 9. The average molecular weight is 381 g/mol. The Morgan fingerprint density at radius 2 is 1.43 bits per heavy atom. The van der Waals surface area contributed by atoms with Crippen LogP contribution >= 0.6 is 0 Å². The smallest absolute Gasteiger partial charge is 0.405 e. The molecule has 5 N–H and O–H groups in total. The van der Waals surface area contributed by atoms with Crippen LogP contribution in [0.4, 0.5) is 4.79 Å². The highest BCUT2D eigenvalue weighted by Crippen LogP contribution is 2.07. The number of carbonyl (C=O) groups is 3. The third-order valence-corrected chi connectivity index (χ3v) is 4.02. The van der Waals surface area contributed by atoms with Crippen molar-refractivity contribution in [3.63, 3.8) is 0 Å². The van der Waals surface area contributed by atoms with Gasteiger partial charge in [-0.25, -0.2) is 4.79 Å². The topological polar surface area (TPSA) is 122 Å². The van der Waals surface area contributed by atoms with Gasteiger partial charge in [-0.3, -0.25) is 9.59 Å². The molecule has 0 spiro atoms. The number of carboxylic acid groups (broad SMARTS) is 1. The first-order chi connectivity index (χ1) is 13.4. The lowest BCUT2D eigenvalue weighted by atomic mass is 10.0. The monoisotopic (exact) mass is 381 g/mol. The first-order valence-corrected chi connectivity index (χ1v) is 8.79. The van der Waals surface area contributed by atoms with Gasteiger partial charge in [-0.2, -0.15) is 0 Å². The van der Waals surface area contributed by atoms with Crippen molar-refractivity contribution < 1.29 is 19.5 Å². The number of hydrogen-bond acceptors (Lipinski definition) is 3. The average Bonchev–Trinajstić information content (AvgIpc) is 2.67. The fraction of sp³-hybridized carbons (Fsp3) is 0.190. The molecule has 2 atom stereocenters. The summed E-state index contributed by atoms with van der Waals surface area (Å²) in [6.45, 7) is 0. The van der Waals surface area contributed by atoms with Crippen LogP contribution in [0.1, 0.15) is 11.1 Å². The van der Waals surface area contributed by atoms with Crippen LogP contribution in [0, 0.1) is 0 Å². The highest BCUT2D eigenvalue weighted by atomic mass is 16.4. The molecule has 28 heavy (non-hydrogen) atoms. The molecule has 0 bridgehead atoms. The summed E-state index contributed by atoms with van der Waals surface area (Å²) in [5, 5.41) is 14.1. The number of hydrogen-bond donors (Lipinski definition) is 4. The van der Waals surface area contributed by atoms with Gasteiger partial charge in [-0.1, -0.05) is 66.7 Å². The van der Waals surface area contributed by atoms with Crippen molar-refractivity contribution in [2.75, 3.05) is 0 Å². The molecule has 0 aliphatic carbocycles. The van der Waals surface area contributed by atoms with Crippen LogP contribution in [0.5, 0.6) is 0 Å². The number of nitrogens with one attached hydrogen (secondary N) is 2. The van der Waals surface area contributed by atoms with Crippen molar-refractivity contribution in [1.82, 2.24) is 10.6 Å². The van der Waals surface area contributed by atoms with E-state index in [1.807, 2.05) is 60.7 Å². The molecular formula is C21H23N3O4. The van der Waals surface area contributed by atoms with Crippen LogP contribution in [0.25, 0.3) is 0 Å². The van der Waals surface area contributed by atoms with Crippen LogP contribution in [0.3, 0.4) is 0 Å². The van der Waals surface area contributed by atoms with Gasteiger partial charge in [0.05, 0.1) is 6.04 Å². The van der Waals surface area contributed by atoms with Crippen LogP contribution in [-0.4, -0.2) is 35.1 Å². The van der Waals surface area contributed by atoms with Crippen molar-refractivity contribution in [3.8, 4) is 0 Å². The Hall–Kier alpha value is -3.61. The fourth-order valence-corrected chi connectivity index (χ4v) is 2.74. The van der Waals surface area contributed by atoms with E-state index in [9.17, 15) is 14.4 Å². The Kier molecular flexibility index (Phi) is 7.77. The molecule has 0 aliphatic heterocycles. The Morgan fingerprint density at radius 3 is 1.93 bits per heavy atom. The van der Waals surface area contributed by atoms with Gasteiger partial charge in [0, 0.05) is 12.5 Å². The summed E-state index contributed by atoms with van der Waals surface area (Å²) < 4.78 is 0. The van der Waals surface area contributed by atoms with E-state index in [2.05, 4.69) is 10.6 Å². The Labute approximate surface area is 163 Å². The summed E-state index contributed by atoms with van der Waals surface area (Å²) in [7, 11) is 0. The molecule has 146 valence electrons. The quantitative estimate of drug-likeness (QED) is 0.493. The van der Waals surface area contributed by atoms with E-state index in [-0.39, 0.29) is 6.42 Å². The van der Waals surface area contributed by atoms with Crippen molar-refractivity contribution in [2.24, 2.45) is 5.73 Å². The van der Waals surface area contributed by atoms with Crippen molar-refractivity contribution in [3.05, 3.63) is 83.9 Å². The Bertz CT molecular complexity index is 822. The molecular weight excluding hydrogens is 358 g/mol. The molecule has 7 heteroatoms. The van der Waals surface area contributed by atoms with Gasteiger partial charge in [-0.15, -0.1) is 0 Å². The van der Waals surface area contributed by atoms with E-state index in [4.69, 9.17) is 10.8 Å². The van der Waals surface area contributed by atoms with Crippen LogP contribution in [0.15, 0.2) is 72.8 Å². The first-order valence-electron chi connectivity index (χ1n) is 8.79. The molecule has 0 aromatic heterocycles. The predicted molar refractivity (Wildman–Crippen MR) is 106 cm³/mol. The van der Waals surface area contributed by atoms with Crippen molar-refractivity contribution in [1.29, 1.82) is 0 Å². The minimum atomic E-state index is -1.29. The Balaban J connectivity index is 2.14. The molecule has 0 aliphatic rings. The number of carbonyl (C=O) groups excluding carboxylic acids is 2. The maximum absolute atomic E-state index is 12.7. The Morgan fingerprint density at radius 1 is 0.893 bits per heavy atom. The van der Waals surface area contributed by atoms with Crippen LogP contribution in [-0.2, 0) is 22.4 Å². The molecule has 0 fully saturated rings. The molecule has 3 amide bonds. The fourth-order valence-electron chi connectivity index (χ4n) is 2.74. The molecule has 0 saturated heterocycles. The van der Waals surface area contributed by atoms with Crippen LogP contribution < -0.4 is 16.4 Å². The van der Waals surface area contributed by atoms with Gasteiger partial charge in [0.1, 0.15) is 6.04 Å². The maximum atomic E-state index is 12.7. The standard InChI is InChI=1S/C21H23N3O4/c22-19(25)12-11-17(13-15-7-3-1-4-8-15)23-20(26)18(24-21(27)28)14-16-9-5-2-6-10-16/h1-12,17-18,24H,13-14H2,(H2,22,25)(H,23,26)(H,27,28)/b12-11+. The third kappa shape index (κ3) is 7.33. The SMILES string of the molecule is NC(=O)/C=C/C(Cc1ccccc1)NC(=O)C(Cc1ccccc1)NC(=O)O. The molecule has 2 rings (SSSR count). The predicted octanol–water partition coefficient (Wildman–Crippen LogP) is 1.63. The second kappa shape index (κ2) is 10.5. The lowest BCUT2D eigenvalue weighted by Crippen LogP contribution is -2.50. The van der Waals surface area contributed by atoms with E-state index in [1.165, 1.54) is 12.2 Å². The maximum Gasteiger partial charge on any atom is 0.405 e. The molecule has 2 aromatic carbocycles. The molecule has 0 saturated carbocycles. The lowest BCUT2D eigenvalue weighted by molar-refractivity contribution is -0.123. The minimum Gasteiger partial charge on any atom is -0.465 e. The van der Waals surface area contributed by atoms with Crippen molar-refractivity contribution >= 4 is 17.9 Å². The molecule has 7 nitrogen and oxygen atoms in total. The zero-order chi connectivity index (χ0) is 20.4. The van der Waals surface area contributed by atoms with Gasteiger partial charge in [0.15, 0.2) is 0 Å². The van der Waals surface area contributed by atoms with Gasteiger partial charge < -0.3 is 21.5 Å². The molecule has 2 aromatic rings. The number of amides is 3. The van der Waals surface area contributed by atoms with E-state index in [0.717, 1.165) is 11.1 Å². The zero-order valence-electron chi connectivity index (χ0n) is 15.2. The number of primary amides is 1. The van der Waals surface area contributed by atoms with Crippen LogP contribution in [0.2, 0.25) is 0 Å². The van der Waals surface area contributed by atoms with Gasteiger partial charge in [-0.05, 0) is 17.5 Å². The highest BCUT2D eigenvalue weighted by molar-refractivity contribution is 5.87. The molecule has 0 radical (unpaired) electrons. The zero-order valence-corrected chi connectivity index (χ0v) is 15.2. The second-order valence-corrected chi connectivity index (χ2v) is 6.26. The molecule has 0 heterocycles. The van der Waals surface area contributed by atoms with E-state index < -0.39 is 30.0 Å². The second-order valence-electron chi connectivity index (χ2n) is 6.26. The van der Waals surface area contributed by atoms with E-state index in [0.29, 0.717) is 6.42 Å². The minimum absolute atomic E-state index is 0.205. The lowest BCUT2D eigenvalue weighted by Gasteiger charge is -2.21. The van der Waals surface area contributed by atoms with Gasteiger partial charge in [0.2, 0.25) is 11.8 Å². The summed E-state index contributed by atoms with van der Waals surface area (Å²) in [5.74, 6) is -1.11. The summed E-state index contributed by atoms with van der Waals surface area (Å²) in [6.07, 6.45) is 2.04. The molecule has 2 unspecified atom stereocenters. The van der Waals surface area contributed by atoms with Gasteiger partial charge in [0.25, 0.3) is 0 Å². The normalized spacial score (nSPS) is 12.9. The van der Waals surface area contributed by atoms with E-state index >= 15 is 0 Å².